The van der Waals surface area contributed by atoms with Crippen LogP contribution in [0.5, 0.6) is 0 Å². The van der Waals surface area contributed by atoms with Crippen LogP contribution in [-0.2, 0) is 9.59 Å². The number of amides is 2. The summed E-state index contributed by atoms with van der Waals surface area (Å²) in [6.45, 7) is 0.694. The van der Waals surface area contributed by atoms with Crippen LogP contribution in [0.25, 0.3) is 0 Å². The molecule has 0 fully saturated rings. The van der Waals surface area contributed by atoms with Gasteiger partial charge in [-0.25, -0.2) is 5.01 Å². The molecule has 3 rings (SSSR count). The molecule has 5 nitrogen and oxygen atoms in total. The molecule has 1 aromatic carbocycles. The van der Waals surface area contributed by atoms with Crippen molar-refractivity contribution in [1.82, 2.24) is 5.01 Å². The van der Waals surface area contributed by atoms with Crippen LogP contribution in [0, 0.1) is 0 Å². The summed E-state index contributed by atoms with van der Waals surface area (Å²) in [6, 6.07) is 7.96. The third kappa shape index (κ3) is 2.81. The molecular weight excluding hydrogens is 286 g/mol. The first kappa shape index (κ1) is 14.1. The van der Waals surface area contributed by atoms with Gasteiger partial charge < -0.3 is 4.90 Å². The van der Waals surface area contributed by atoms with Crippen molar-refractivity contribution in [3.05, 3.63) is 24.3 Å². The lowest BCUT2D eigenvalue weighted by Crippen LogP contribution is -2.41. The Morgan fingerprint density at radius 1 is 1.29 bits per heavy atom. The normalized spacial score (nSPS) is 18.9. The molecule has 0 spiro atoms. The molecule has 0 aromatic heterocycles. The highest BCUT2D eigenvalue weighted by molar-refractivity contribution is 7.99. The molecule has 0 radical (unpaired) electrons. The standard InChI is InChI=1S/C15H17N3O2S/c1-17-14(19)8-7-11(16-17)15(20)18-9-4-10-21-13-6-3-2-5-12(13)18/h2-3,5-6H,4,7-10H2,1H3. The molecule has 2 aliphatic heterocycles. The van der Waals surface area contributed by atoms with Crippen LogP contribution in [0.15, 0.2) is 34.3 Å². The molecule has 0 saturated carbocycles. The molecule has 0 aliphatic carbocycles. The van der Waals surface area contributed by atoms with Gasteiger partial charge in [-0.2, -0.15) is 5.10 Å². The van der Waals surface area contributed by atoms with E-state index in [1.54, 1.807) is 23.7 Å². The fourth-order valence-corrected chi connectivity index (χ4v) is 3.51. The summed E-state index contributed by atoms with van der Waals surface area (Å²) >= 11 is 1.78. The zero-order chi connectivity index (χ0) is 14.8. The van der Waals surface area contributed by atoms with Crippen molar-refractivity contribution in [2.75, 3.05) is 24.2 Å². The second-order valence-corrected chi connectivity index (χ2v) is 6.23. The van der Waals surface area contributed by atoms with Crippen molar-refractivity contribution in [1.29, 1.82) is 0 Å². The highest BCUT2D eigenvalue weighted by Gasteiger charge is 2.28. The molecule has 110 valence electrons. The molecule has 0 bridgehead atoms. The maximum Gasteiger partial charge on any atom is 0.274 e. The van der Waals surface area contributed by atoms with Gasteiger partial charge in [0.15, 0.2) is 0 Å². The minimum Gasteiger partial charge on any atom is -0.306 e. The quantitative estimate of drug-likeness (QED) is 0.798. The fourth-order valence-electron chi connectivity index (χ4n) is 2.52. The van der Waals surface area contributed by atoms with Crippen LogP contribution >= 0.6 is 11.8 Å². The molecule has 1 aromatic rings. The first-order chi connectivity index (χ1) is 10.2. The van der Waals surface area contributed by atoms with Crippen LogP contribution in [-0.4, -0.2) is 41.9 Å². The lowest BCUT2D eigenvalue weighted by atomic mass is 10.1. The van der Waals surface area contributed by atoms with Gasteiger partial charge in [-0.05, 0) is 24.3 Å². The van der Waals surface area contributed by atoms with Gasteiger partial charge in [0.05, 0.1) is 5.69 Å². The van der Waals surface area contributed by atoms with Gasteiger partial charge in [0.2, 0.25) is 5.91 Å². The third-order valence-electron chi connectivity index (χ3n) is 3.64. The molecular formula is C15H17N3O2S. The number of thioether (sulfide) groups is 1. The van der Waals surface area contributed by atoms with E-state index in [0.717, 1.165) is 22.8 Å². The molecule has 0 N–H and O–H groups in total. The highest BCUT2D eigenvalue weighted by atomic mass is 32.2. The second-order valence-electron chi connectivity index (χ2n) is 5.09. The smallest absolute Gasteiger partial charge is 0.274 e. The van der Waals surface area contributed by atoms with E-state index in [-0.39, 0.29) is 11.8 Å². The molecule has 6 heteroatoms. The van der Waals surface area contributed by atoms with Gasteiger partial charge >= 0.3 is 0 Å². The average Bonchev–Trinajstić information content (AvgIpc) is 2.71. The van der Waals surface area contributed by atoms with Crippen molar-refractivity contribution in [2.24, 2.45) is 5.10 Å². The minimum absolute atomic E-state index is 0.0432. The topological polar surface area (TPSA) is 53.0 Å². The molecule has 0 unspecified atom stereocenters. The SMILES string of the molecule is CN1N=C(C(=O)N2CCCSc3ccccc32)CCC1=O. The fraction of sp³-hybridized carbons (Fsp3) is 0.400. The van der Waals surface area contributed by atoms with Gasteiger partial charge in [0, 0.05) is 31.3 Å². The number of hydrazone groups is 1. The van der Waals surface area contributed by atoms with E-state index in [9.17, 15) is 9.59 Å². The van der Waals surface area contributed by atoms with E-state index in [2.05, 4.69) is 5.10 Å². The molecule has 0 atom stereocenters. The Morgan fingerprint density at radius 2 is 2.10 bits per heavy atom. The zero-order valence-electron chi connectivity index (χ0n) is 11.9. The predicted octanol–water partition coefficient (Wildman–Crippen LogP) is 2.12. The Labute approximate surface area is 128 Å². The van der Waals surface area contributed by atoms with Crippen molar-refractivity contribution >= 4 is 35.0 Å². The first-order valence-corrected chi connectivity index (χ1v) is 8.03. The summed E-state index contributed by atoms with van der Waals surface area (Å²) in [6.07, 6.45) is 1.73. The molecule has 21 heavy (non-hydrogen) atoms. The maximum atomic E-state index is 12.8. The van der Waals surface area contributed by atoms with Crippen molar-refractivity contribution < 1.29 is 9.59 Å². The number of nitrogens with zero attached hydrogens (tertiary/aromatic N) is 3. The lowest BCUT2D eigenvalue weighted by Gasteiger charge is -2.26. The Morgan fingerprint density at radius 3 is 2.90 bits per heavy atom. The Hall–Kier alpha value is -1.82. The summed E-state index contributed by atoms with van der Waals surface area (Å²) in [5.74, 6) is 0.883. The number of hydrogen-bond acceptors (Lipinski definition) is 4. The van der Waals surface area contributed by atoms with Crippen LogP contribution in [0.2, 0.25) is 0 Å². The number of para-hydroxylation sites is 1. The van der Waals surface area contributed by atoms with E-state index in [0.29, 0.717) is 25.1 Å². The largest absolute Gasteiger partial charge is 0.306 e. The predicted molar refractivity (Wildman–Crippen MR) is 83.6 cm³/mol. The van der Waals surface area contributed by atoms with Crippen LogP contribution in [0.1, 0.15) is 19.3 Å². The number of anilines is 1. The molecule has 2 amide bonds. The van der Waals surface area contributed by atoms with E-state index >= 15 is 0 Å². The van der Waals surface area contributed by atoms with Crippen molar-refractivity contribution in [3.63, 3.8) is 0 Å². The van der Waals surface area contributed by atoms with Crippen molar-refractivity contribution in [3.8, 4) is 0 Å². The Bertz CT molecular complexity index is 615. The maximum absolute atomic E-state index is 12.8. The Kier molecular flexibility index (Phi) is 3.96. The number of benzene rings is 1. The first-order valence-electron chi connectivity index (χ1n) is 7.04. The second kappa shape index (κ2) is 5.89. The van der Waals surface area contributed by atoms with Gasteiger partial charge in [-0.15, -0.1) is 11.8 Å². The van der Waals surface area contributed by atoms with Gasteiger partial charge in [0.1, 0.15) is 5.71 Å². The molecule has 2 aliphatic rings. The summed E-state index contributed by atoms with van der Waals surface area (Å²) in [5.41, 5.74) is 1.42. The summed E-state index contributed by atoms with van der Waals surface area (Å²) in [7, 11) is 1.60. The van der Waals surface area contributed by atoms with Crippen LogP contribution in [0.3, 0.4) is 0 Å². The molecule has 0 saturated heterocycles. The molecule has 2 heterocycles. The third-order valence-corrected chi connectivity index (χ3v) is 4.79. The van der Waals surface area contributed by atoms with Gasteiger partial charge in [-0.1, -0.05) is 12.1 Å². The summed E-state index contributed by atoms with van der Waals surface area (Å²) in [5, 5.41) is 5.42. The van der Waals surface area contributed by atoms with E-state index < -0.39 is 0 Å². The highest BCUT2D eigenvalue weighted by Crippen LogP contribution is 2.33. The van der Waals surface area contributed by atoms with Gasteiger partial charge in [0.25, 0.3) is 5.91 Å². The van der Waals surface area contributed by atoms with Crippen LogP contribution in [0.4, 0.5) is 5.69 Å². The van der Waals surface area contributed by atoms with E-state index in [1.165, 1.54) is 5.01 Å². The number of carbonyl (C=O) groups is 2. The lowest BCUT2D eigenvalue weighted by molar-refractivity contribution is -0.130. The number of hydrogen-bond donors (Lipinski definition) is 0. The van der Waals surface area contributed by atoms with E-state index in [1.807, 2.05) is 24.3 Å². The number of carbonyl (C=O) groups excluding carboxylic acids is 2. The Balaban J connectivity index is 1.91. The minimum atomic E-state index is -0.0794. The van der Waals surface area contributed by atoms with E-state index in [4.69, 9.17) is 0 Å². The van der Waals surface area contributed by atoms with Gasteiger partial charge in [-0.3, -0.25) is 9.59 Å². The number of rotatable bonds is 1. The summed E-state index contributed by atoms with van der Waals surface area (Å²) < 4.78 is 0. The average molecular weight is 303 g/mol. The number of fused-ring (bicyclic) bond motifs is 1. The van der Waals surface area contributed by atoms with Crippen LogP contribution < -0.4 is 4.90 Å². The monoisotopic (exact) mass is 303 g/mol. The van der Waals surface area contributed by atoms with Crippen molar-refractivity contribution in [2.45, 2.75) is 24.2 Å². The summed E-state index contributed by atoms with van der Waals surface area (Å²) in [4.78, 5) is 27.2. The zero-order valence-corrected chi connectivity index (χ0v) is 12.7.